The summed E-state index contributed by atoms with van der Waals surface area (Å²) >= 11 is 0. The van der Waals surface area contributed by atoms with Gasteiger partial charge in [-0.1, -0.05) is 12.1 Å². The fraction of sp³-hybridized carbons (Fsp3) is 0.105. The number of carbonyl (C=O) groups excluding carboxylic acids is 1. The molecule has 0 aliphatic rings. The number of hydrogen-bond acceptors (Lipinski definition) is 4. The van der Waals surface area contributed by atoms with Gasteiger partial charge in [0.2, 0.25) is 5.95 Å². The average molecular weight is 354 g/mol. The Bertz CT molecular complexity index is 976. The number of aromatic nitrogens is 2. The number of nitrogens with zero attached hydrogens (tertiary/aromatic N) is 2. The minimum atomic E-state index is -0.860. The van der Waals surface area contributed by atoms with E-state index in [4.69, 9.17) is 0 Å². The molecule has 0 bridgehead atoms. The lowest BCUT2D eigenvalue weighted by atomic mass is 10.1. The lowest BCUT2D eigenvalue weighted by Gasteiger charge is -2.10. The first-order valence-corrected chi connectivity index (χ1v) is 7.86. The molecular weight excluding hydrogens is 338 g/mol. The maximum Gasteiger partial charge on any atom is 0.274 e. The number of benzene rings is 2. The van der Waals surface area contributed by atoms with Crippen molar-refractivity contribution in [2.45, 2.75) is 13.8 Å². The molecule has 0 fully saturated rings. The van der Waals surface area contributed by atoms with Gasteiger partial charge in [0.15, 0.2) is 0 Å². The molecule has 0 spiro atoms. The van der Waals surface area contributed by atoms with Crippen LogP contribution in [0.1, 0.15) is 21.6 Å². The van der Waals surface area contributed by atoms with E-state index in [-0.39, 0.29) is 17.3 Å². The standard InChI is InChI=1S/C19H16F2N4O/c1-11-3-4-12(2)17(9-11)25-19-22-8-7-16(24-19)18(26)23-15-6-5-13(20)10-14(15)21/h3-10H,1-2H3,(H,23,26)(H,22,24,25). The van der Waals surface area contributed by atoms with Gasteiger partial charge >= 0.3 is 0 Å². The molecule has 0 saturated heterocycles. The Morgan fingerprint density at radius 1 is 1.00 bits per heavy atom. The van der Waals surface area contributed by atoms with E-state index in [0.29, 0.717) is 6.07 Å². The van der Waals surface area contributed by atoms with Crippen LogP contribution in [0.2, 0.25) is 0 Å². The first kappa shape index (κ1) is 17.5. The van der Waals surface area contributed by atoms with Gasteiger partial charge in [-0.3, -0.25) is 4.79 Å². The van der Waals surface area contributed by atoms with Crippen molar-refractivity contribution >= 4 is 23.2 Å². The molecule has 3 aromatic rings. The van der Waals surface area contributed by atoms with Crippen molar-refractivity contribution in [1.29, 1.82) is 0 Å². The topological polar surface area (TPSA) is 66.9 Å². The van der Waals surface area contributed by atoms with Gasteiger partial charge < -0.3 is 10.6 Å². The normalized spacial score (nSPS) is 10.5. The van der Waals surface area contributed by atoms with Crippen molar-refractivity contribution in [2.75, 3.05) is 10.6 Å². The zero-order chi connectivity index (χ0) is 18.7. The Morgan fingerprint density at radius 2 is 1.81 bits per heavy atom. The molecule has 0 aliphatic heterocycles. The molecule has 2 aromatic carbocycles. The molecule has 132 valence electrons. The lowest BCUT2D eigenvalue weighted by Crippen LogP contribution is -2.15. The molecule has 0 radical (unpaired) electrons. The quantitative estimate of drug-likeness (QED) is 0.730. The maximum atomic E-state index is 13.7. The van der Waals surface area contributed by atoms with Crippen molar-refractivity contribution in [3.05, 3.63) is 77.1 Å². The van der Waals surface area contributed by atoms with Crippen LogP contribution in [0.15, 0.2) is 48.7 Å². The highest BCUT2D eigenvalue weighted by Gasteiger charge is 2.13. The van der Waals surface area contributed by atoms with Crippen LogP contribution >= 0.6 is 0 Å². The number of halogens is 2. The highest BCUT2D eigenvalue weighted by atomic mass is 19.1. The second-order valence-corrected chi connectivity index (χ2v) is 5.79. The lowest BCUT2D eigenvalue weighted by molar-refractivity contribution is 0.102. The van der Waals surface area contributed by atoms with E-state index in [0.717, 1.165) is 28.9 Å². The number of amides is 1. The summed E-state index contributed by atoms with van der Waals surface area (Å²) in [4.78, 5) is 20.5. The molecule has 0 saturated carbocycles. The van der Waals surface area contributed by atoms with Crippen LogP contribution in [0.4, 0.5) is 26.1 Å². The molecule has 1 aromatic heterocycles. The molecular formula is C19H16F2N4O. The summed E-state index contributed by atoms with van der Waals surface area (Å²) in [5, 5.41) is 5.43. The smallest absolute Gasteiger partial charge is 0.274 e. The van der Waals surface area contributed by atoms with Gasteiger partial charge in [0, 0.05) is 18.0 Å². The molecule has 2 N–H and O–H groups in total. The highest BCUT2D eigenvalue weighted by molar-refractivity contribution is 6.03. The number of anilines is 3. The zero-order valence-electron chi connectivity index (χ0n) is 14.2. The monoisotopic (exact) mass is 354 g/mol. The Hall–Kier alpha value is -3.35. The first-order valence-electron chi connectivity index (χ1n) is 7.86. The van der Waals surface area contributed by atoms with Gasteiger partial charge in [-0.15, -0.1) is 0 Å². The van der Waals surface area contributed by atoms with Crippen molar-refractivity contribution in [1.82, 2.24) is 9.97 Å². The van der Waals surface area contributed by atoms with Crippen LogP contribution in [-0.4, -0.2) is 15.9 Å². The van der Waals surface area contributed by atoms with Crippen LogP contribution in [0.25, 0.3) is 0 Å². The fourth-order valence-electron chi connectivity index (χ4n) is 2.31. The summed E-state index contributed by atoms with van der Waals surface area (Å²) in [6.07, 6.45) is 1.43. The summed E-state index contributed by atoms with van der Waals surface area (Å²) in [5.41, 5.74) is 2.82. The number of nitrogens with one attached hydrogen (secondary N) is 2. The minimum absolute atomic E-state index is 0.0523. The molecule has 1 heterocycles. The molecule has 7 heteroatoms. The first-order chi connectivity index (χ1) is 12.4. The van der Waals surface area contributed by atoms with E-state index in [1.54, 1.807) is 0 Å². The highest BCUT2D eigenvalue weighted by Crippen LogP contribution is 2.20. The SMILES string of the molecule is Cc1ccc(C)c(Nc2nccc(C(=O)Nc3ccc(F)cc3F)n2)c1. The van der Waals surface area contributed by atoms with Gasteiger partial charge in [-0.2, -0.15) is 0 Å². The van der Waals surface area contributed by atoms with Crippen LogP contribution < -0.4 is 10.6 Å². The zero-order valence-corrected chi connectivity index (χ0v) is 14.2. The van der Waals surface area contributed by atoms with Crippen molar-refractivity contribution in [2.24, 2.45) is 0 Å². The third kappa shape index (κ3) is 4.00. The van der Waals surface area contributed by atoms with Gasteiger partial charge in [0.05, 0.1) is 5.69 Å². The fourth-order valence-corrected chi connectivity index (χ4v) is 2.31. The third-order valence-electron chi connectivity index (χ3n) is 3.71. The predicted octanol–water partition coefficient (Wildman–Crippen LogP) is 4.37. The largest absolute Gasteiger partial charge is 0.324 e. The van der Waals surface area contributed by atoms with Crippen LogP contribution in [-0.2, 0) is 0 Å². The third-order valence-corrected chi connectivity index (χ3v) is 3.71. The molecule has 26 heavy (non-hydrogen) atoms. The van der Waals surface area contributed by atoms with E-state index in [1.807, 2.05) is 32.0 Å². The van der Waals surface area contributed by atoms with E-state index >= 15 is 0 Å². The molecule has 3 rings (SSSR count). The molecule has 5 nitrogen and oxygen atoms in total. The van der Waals surface area contributed by atoms with Crippen LogP contribution in [0.3, 0.4) is 0 Å². The number of hydrogen-bond donors (Lipinski definition) is 2. The van der Waals surface area contributed by atoms with E-state index in [1.165, 1.54) is 12.3 Å². The molecule has 0 unspecified atom stereocenters. The maximum absolute atomic E-state index is 13.7. The number of rotatable bonds is 4. The van der Waals surface area contributed by atoms with Gasteiger partial charge in [-0.05, 0) is 49.2 Å². The van der Waals surface area contributed by atoms with Crippen LogP contribution in [0, 0.1) is 25.5 Å². The van der Waals surface area contributed by atoms with E-state index in [2.05, 4.69) is 20.6 Å². The van der Waals surface area contributed by atoms with Crippen molar-refractivity contribution in [3.8, 4) is 0 Å². The Kier molecular flexibility index (Phi) is 4.88. The summed E-state index contributed by atoms with van der Waals surface area (Å²) in [5.74, 6) is -1.96. The van der Waals surface area contributed by atoms with Crippen molar-refractivity contribution < 1.29 is 13.6 Å². The Labute approximate surface area is 149 Å². The Morgan fingerprint density at radius 3 is 2.58 bits per heavy atom. The Balaban J connectivity index is 1.80. The van der Waals surface area contributed by atoms with E-state index < -0.39 is 17.5 Å². The molecule has 0 atom stereocenters. The van der Waals surface area contributed by atoms with Gasteiger partial charge in [0.1, 0.15) is 17.3 Å². The predicted molar refractivity (Wildman–Crippen MR) is 95.5 cm³/mol. The minimum Gasteiger partial charge on any atom is -0.324 e. The van der Waals surface area contributed by atoms with Gasteiger partial charge in [0.25, 0.3) is 5.91 Å². The second-order valence-electron chi connectivity index (χ2n) is 5.79. The number of aryl methyl sites for hydroxylation is 2. The number of carbonyl (C=O) groups is 1. The van der Waals surface area contributed by atoms with Gasteiger partial charge in [-0.25, -0.2) is 18.7 Å². The van der Waals surface area contributed by atoms with Crippen molar-refractivity contribution in [3.63, 3.8) is 0 Å². The van der Waals surface area contributed by atoms with Crippen LogP contribution in [0.5, 0.6) is 0 Å². The summed E-state index contributed by atoms with van der Waals surface area (Å²) in [7, 11) is 0. The summed E-state index contributed by atoms with van der Waals surface area (Å²) in [6, 6.07) is 10.2. The van der Waals surface area contributed by atoms with E-state index in [9.17, 15) is 13.6 Å². The summed E-state index contributed by atoms with van der Waals surface area (Å²) in [6.45, 7) is 3.90. The average Bonchev–Trinajstić information content (AvgIpc) is 2.61. The molecule has 0 aliphatic carbocycles. The molecule has 1 amide bonds. The second kappa shape index (κ2) is 7.26. The summed E-state index contributed by atoms with van der Waals surface area (Å²) < 4.78 is 26.6.